The molecule has 0 saturated carbocycles. The van der Waals surface area contributed by atoms with Crippen LogP contribution in [0.25, 0.3) is 10.9 Å². The first-order chi connectivity index (χ1) is 21.4. The summed E-state index contributed by atoms with van der Waals surface area (Å²) < 4.78 is 135. The van der Waals surface area contributed by atoms with Gasteiger partial charge in [-0.25, -0.2) is 4.98 Å². The van der Waals surface area contributed by atoms with Crippen LogP contribution in [-0.2, 0) is 4.79 Å². The number of fused-ring (bicyclic) bond motifs is 2. The first-order valence-corrected chi connectivity index (χ1v) is 9.41. The summed E-state index contributed by atoms with van der Waals surface area (Å²) >= 11 is 0. The van der Waals surface area contributed by atoms with Gasteiger partial charge in [0.1, 0.15) is 12.4 Å². The van der Waals surface area contributed by atoms with Crippen LogP contribution in [0, 0.1) is 0 Å². The molecule has 3 heterocycles. The summed E-state index contributed by atoms with van der Waals surface area (Å²) in [6.45, 7) is -15.1. The van der Waals surface area contributed by atoms with Gasteiger partial charge < -0.3 is 34.5 Å². The van der Waals surface area contributed by atoms with Gasteiger partial charge in [-0.3, -0.25) is 4.79 Å². The number of aromatic nitrogens is 2. The van der Waals surface area contributed by atoms with Gasteiger partial charge in [0.25, 0.3) is 5.91 Å². The first kappa shape index (κ1) is 10.3. The Hall–Kier alpha value is -3.95. The molecule has 0 bridgehead atoms. The minimum absolute atomic E-state index is 0.0652. The van der Waals surface area contributed by atoms with E-state index in [0.29, 0.717) is 0 Å². The Balaban J connectivity index is 1.61. The Labute approximate surface area is 210 Å². The molecule has 2 aliphatic rings. The Morgan fingerprint density at radius 1 is 1.12 bits per heavy atom. The molecule has 1 unspecified atom stereocenters. The maximum absolute atomic E-state index is 13.7. The number of nitrogens with two attached hydrogens (primary N) is 1. The third kappa shape index (κ3) is 3.88. The van der Waals surface area contributed by atoms with Crippen LogP contribution in [0.5, 0.6) is 23.0 Å². The van der Waals surface area contributed by atoms with Crippen LogP contribution in [0.2, 0.25) is 0 Å². The number of nitrogen functional groups attached to an aromatic ring is 1. The fraction of sp³-hybridized carbons (Fsp3) is 0.348. The average Bonchev–Trinajstić information content (AvgIpc) is 2.90. The molecule has 1 aromatic heterocycles. The van der Waals surface area contributed by atoms with E-state index in [2.05, 4.69) is 9.97 Å². The normalized spacial score (nSPS) is 30.8. The van der Waals surface area contributed by atoms with E-state index < -0.39 is 81.9 Å². The summed E-state index contributed by atoms with van der Waals surface area (Å²) in [6.07, 6.45) is -1.69. The highest BCUT2D eigenvalue weighted by Gasteiger charge is 2.33. The molecule has 5 rings (SSSR count). The second-order valence-corrected chi connectivity index (χ2v) is 6.75. The third-order valence-corrected chi connectivity index (χ3v) is 4.75. The molecule has 1 amide bonds. The number of methoxy groups -OCH3 is 2. The molecule has 0 aliphatic carbocycles. The van der Waals surface area contributed by atoms with E-state index >= 15 is 0 Å². The van der Waals surface area contributed by atoms with Gasteiger partial charge in [-0.1, -0.05) is 12.1 Å². The van der Waals surface area contributed by atoms with E-state index in [9.17, 15) is 4.79 Å². The fourth-order valence-corrected chi connectivity index (χ4v) is 3.16. The monoisotopic (exact) mass is 465 g/mol. The van der Waals surface area contributed by atoms with Crippen molar-refractivity contribution in [1.29, 1.82) is 0 Å². The minimum Gasteiger partial charge on any atom is -0.493 e. The lowest BCUT2D eigenvalue weighted by atomic mass is 10.2. The molecule has 3 aromatic rings. The molecule has 10 heteroatoms. The number of piperazine rings is 1. The van der Waals surface area contributed by atoms with Crippen LogP contribution in [0.3, 0.4) is 0 Å². The van der Waals surface area contributed by atoms with Crippen molar-refractivity contribution in [3.8, 4) is 23.0 Å². The van der Waals surface area contributed by atoms with E-state index in [1.807, 2.05) is 0 Å². The Morgan fingerprint density at radius 3 is 2.61 bits per heavy atom. The Morgan fingerprint density at radius 2 is 1.85 bits per heavy atom. The van der Waals surface area contributed by atoms with Gasteiger partial charge in [0, 0.05) is 37.4 Å². The Kier molecular flexibility index (Phi) is 2.67. The SMILES string of the molecule is [2H]C([2H])([2H])Oc1cc2nc(N3C([2H])([2H])C([2H])([2H])N(C(=O)C4COc5ccccc5O4)C([2H])([2H])C3([2H])[2H])nc(N)c2cc1OC([2H])([2H])[2H]. The second-order valence-electron chi connectivity index (χ2n) is 6.75. The predicted octanol–water partition coefficient (Wildman–Crippen LogP) is 1.72. The molecular formula is C23H25N5O5. The molecule has 2 aliphatic heterocycles. The van der Waals surface area contributed by atoms with Crippen molar-refractivity contribution in [2.45, 2.75) is 6.10 Å². The number of rotatable bonds is 4. The number of ether oxygens (including phenoxy) is 4. The van der Waals surface area contributed by atoms with E-state index in [-0.39, 0.29) is 32.2 Å². The molecule has 33 heavy (non-hydrogen) atoms. The van der Waals surface area contributed by atoms with Crippen molar-refractivity contribution in [2.75, 3.05) is 57.3 Å². The molecule has 1 fully saturated rings. The van der Waals surface area contributed by atoms with Gasteiger partial charge >= 0.3 is 0 Å². The van der Waals surface area contributed by atoms with Crippen LogP contribution in [-0.4, -0.2) is 73.5 Å². The highest BCUT2D eigenvalue weighted by Crippen LogP contribution is 2.34. The van der Waals surface area contributed by atoms with Gasteiger partial charge in [0.05, 0.1) is 38.8 Å². The molecule has 2 N–H and O–H groups in total. The summed E-state index contributed by atoms with van der Waals surface area (Å²) in [4.78, 5) is 21.2. The number of amides is 1. The summed E-state index contributed by atoms with van der Waals surface area (Å²) in [6, 6.07) is 7.90. The lowest BCUT2D eigenvalue weighted by Crippen LogP contribution is -2.54. The quantitative estimate of drug-likeness (QED) is 0.615. The van der Waals surface area contributed by atoms with E-state index in [4.69, 9.17) is 43.9 Å². The molecule has 172 valence electrons. The molecule has 0 spiro atoms. The zero-order valence-electron chi connectivity index (χ0n) is 30.7. The number of hydrogen-bond acceptors (Lipinski definition) is 9. The fourth-order valence-electron chi connectivity index (χ4n) is 3.16. The highest BCUT2D eigenvalue weighted by molar-refractivity contribution is 5.91. The van der Waals surface area contributed by atoms with Crippen LogP contribution >= 0.6 is 0 Å². The van der Waals surface area contributed by atoms with Crippen LogP contribution in [0.1, 0.15) is 19.2 Å². The number of carbonyl (C=O) groups is 1. The lowest BCUT2D eigenvalue weighted by molar-refractivity contribution is -0.141. The summed E-state index contributed by atoms with van der Waals surface area (Å²) in [5.74, 6) is -4.03. The number of carbonyl (C=O) groups excluding carboxylic acids is 1. The highest BCUT2D eigenvalue weighted by atomic mass is 16.6. The van der Waals surface area contributed by atoms with Crippen molar-refractivity contribution >= 4 is 28.6 Å². The van der Waals surface area contributed by atoms with Gasteiger partial charge in [-0.2, -0.15) is 4.98 Å². The zero-order chi connectivity index (χ0) is 35.1. The Bertz CT molecular complexity index is 1710. The molecule has 1 atom stereocenters. The van der Waals surface area contributed by atoms with Gasteiger partial charge in [-0.05, 0) is 18.2 Å². The standard InChI is InChI=1S/C23H25N5O5/c1-30-18-11-14-15(12-19(18)31-2)25-23(26-21(14)24)28-9-7-27(8-10-28)22(29)20-13-32-16-5-3-4-6-17(16)33-20/h3-6,11-12,20H,7-10,13H2,1-2H3,(H2,24,25,26)/i1D3,2D3,7D2,8D2,9D2,10D2. The van der Waals surface area contributed by atoms with Crippen molar-refractivity contribution in [3.63, 3.8) is 0 Å². The summed E-state index contributed by atoms with van der Waals surface area (Å²) in [5, 5.41) is -0.193. The van der Waals surface area contributed by atoms with Gasteiger partial charge in [0.2, 0.25) is 12.1 Å². The largest absolute Gasteiger partial charge is 0.493 e. The number of benzene rings is 2. The maximum Gasteiger partial charge on any atom is 0.267 e. The van der Waals surface area contributed by atoms with Crippen LogP contribution < -0.4 is 29.6 Å². The van der Waals surface area contributed by atoms with Crippen molar-refractivity contribution in [1.82, 2.24) is 14.9 Å². The molecule has 10 nitrogen and oxygen atoms in total. The zero-order valence-corrected chi connectivity index (χ0v) is 16.7. The van der Waals surface area contributed by atoms with Gasteiger partial charge in [0.15, 0.2) is 23.0 Å². The number of hydrogen-bond donors (Lipinski definition) is 1. The van der Waals surface area contributed by atoms with Crippen molar-refractivity contribution < 1.29 is 42.9 Å². The second kappa shape index (κ2) is 8.53. The van der Waals surface area contributed by atoms with E-state index in [1.54, 1.807) is 12.1 Å². The maximum atomic E-state index is 13.7. The number of para-hydroxylation sites is 2. The number of nitrogens with zero attached hydrogens (tertiary/aromatic N) is 4. The van der Waals surface area contributed by atoms with E-state index in [1.165, 1.54) is 12.1 Å². The molecule has 1 saturated heterocycles. The molecule has 2 aromatic carbocycles. The first-order valence-electron chi connectivity index (χ1n) is 16.4. The third-order valence-electron chi connectivity index (χ3n) is 4.75. The molecular weight excluding hydrogens is 426 g/mol. The van der Waals surface area contributed by atoms with Crippen LogP contribution in [0.4, 0.5) is 11.8 Å². The van der Waals surface area contributed by atoms with Crippen molar-refractivity contribution in [3.05, 3.63) is 36.4 Å². The topological polar surface area (TPSA) is 112 Å². The lowest BCUT2D eigenvalue weighted by Gasteiger charge is -2.37. The summed E-state index contributed by atoms with van der Waals surface area (Å²) in [7, 11) is -6.20. The average molecular weight is 466 g/mol. The van der Waals surface area contributed by atoms with E-state index in [0.717, 1.165) is 12.1 Å². The van der Waals surface area contributed by atoms with Crippen LogP contribution in [0.15, 0.2) is 36.4 Å². The smallest absolute Gasteiger partial charge is 0.267 e. The minimum atomic E-state index is -3.65. The van der Waals surface area contributed by atoms with Crippen molar-refractivity contribution in [2.24, 2.45) is 0 Å². The number of anilines is 2. The molecule has 0 radical (unpaired) electrons. The summed E-state index contributed by atoms with van der Waals surface area (Å²) in [5.41, 5.74) is 5.67. The predicted molar refractivity (Wildman–Crippen MR) is 122 cm³/mol. The van der Waals surface area contributed by atoms with Gasteiger partial charge in [-0.15, -0.1) is 0 Å².